The van der Waals surface area contributed by atoms with Crippen molar-refractivity contribution in [3.8, 4) is 0 Å². The molecule has 0 saturated carbocycles. The smallest absolute Gasteiger partial charge is 0.0122 e. The first-order valence-corrected chi connectivity index (χ1v) is 6.81. The Morgan fingerprint density at radius 2 is 1.65 bits per heavy atom. The highest BCUT2D eigenvalue weighted by Crippen LogP contribution is 2.16. The Morgan fingerprint density at radius 3 is 2.24 bits per heavy atom. The maximum absolute atomic E-state index is 3.46. The highest BCUT2D eigenvalue weighted by molar-refractivity contribution is 5.41. The molecule has 0 fully saturated rings. The van der Waals surface area contributed by atoms with E-state index in [1.165, 1.54) is 47.9 Å². The van der Waals surface area contributed by atoms with Crippen molar-refractivity contribution >= 4 is 0 Å². The van der Waals surface area contributed by atoms with Gasteiger partial charge in [-0.1, -0.05) is 50.0 Å². The fraction of sp³-hybridized carbons (Fsp3) is 0.529. The molecule has 0 saturated heterocycles. The summed E-state index contributed by atoms with van der Waals surface area (Å²) in [7, 11) is 0. The average Bonchev–Trinajstić information content (AvgIpc) is 2.26. The molecule has 1 rings (SSSR count). The molecule has 0 nitrogen and oxygen atoms in total. The molecule has 0 aliphatic rings. The summed E-state index contributed by atoms with van der Waals surface area (Å²) in [5.41, 5.74) is 5.30. The summed E-state index contributed by atoms with van der Waals surface area (Å²) in [4.78, 5) is 0. The summed E-state index contributed by atoms with van der Waals surface area (Å²) in [6.45, 7) is 8.75. The van der Waals surface area contributed by atoms with E-state index in [0.717, 1.165) is 6.42 Å². The van der Waals surface area contributed by atoms with Gasteiger partial charge in [-0.25, -0.2) is 0 Å². The lowest BCUT2D eigenvalue weighted by Crippen LogP contribution is -1.89. The number of rotatable bonds is 6. The molecule has 0 aliphatic carbocycles. The molecule has 0 amide bonds. The first-order valence-electron chi connectivity index (χ1n) is 6.81. The summed E-state index contributed by atoms with van der Waals surface area (Å²) in [5.74, 6) is 0. The molecule has 0 N–H and O–H groups in total. The molecule has 1 aromatic rings. The SMILES string of the molecule is CCCCCC/C=[C]\c1c(C)cc(C)cc1C. The summed E-state index contributed by atoms with van der Waals surface area (Å²) < 4.78 is 0. The number of hydrogen-bond acceptors (Lipinski definition) is 0. The van der Waals surface area contributed by atoms with Crippen LogP contribution in [0.4, 0.5) is 0 Å². The lowest BCUT2D eigenvalue weighted by molar-refractivity contribution is 0.674. The van der Waals surface area contributed by atoms with Crippen molar-refractivity contribution in [1.82, 2.24) is 0 Å². The largest absolute Gasteiger partial charge is 0.0760 e. The Hall–Kier alpha value is -1.04. The van der Waals surface area contributed by atoms with Gasteiger partial charge in [0.25, 0.3) is 0 Å². The number of unbranched alkanes of at least 4 members (excludes halogenated alkanes) is 4. The molecular weight excluding hydrogens is 204 g/mol. The van der Waals surface area contributed by atoms with E-state index < -0.39 is 0 Å². The number of hydrogen-bond donors (Lipinski definition) is 0. The van der Waals surface area contributed by atoms with Gasteiger partial charge in [0.15, 0.2) is 0 Å². The molecule has 1 radical (unpaired) electrons. The lowest BCUT2D eigenvalue weighted by atomic mass is 9.99. The van der Waals surface area contributed by atoms with Crippen molar-refractivity contribution in [3.05, 3.63) is 46.5 Å². The van der Waals surface area contributed by atoms with Crippen LogP contribution in [0.5, 0.6) is 0 Å². The Morgan fingerprint density at radius 1 is 1.00 bits per heavy atom. The Bertz CT molecular complexity index is 349. The van der Waals surface area contributed by atoms with Crippen molar-refractivity contribution in [2.24, 2.45) is 0 Å². The van der Waals surface area contributed by atoms with Gasteiger partial charge in [0.2, 0.25) is 0 Å². The normalized spacial score (nSPS) is 11.3. The van der Waals surface area contributed by atoms with E-state index in [9.17, 15) is 0 Å². The minimum Gasteiger partial charge on any atom is -0.0760 e. The average molecular weight is 229 g/mol. The molecule has 17 heavy (non-hydrogen) atoms. The Labute approximate surface area is 107 Å². The molecule has 0 unspecified atom stereocenters. The summed E-state index contributed by atoms with van der Waals surface area (Å²) in [5, 5.41) is 0. The van der Waals surface area contributed by atoms with Gasteiger partial charge < -0.3 is 0 Å². The maximum Gasteiger partial charge on any atom is -0.0122 e. The van der Waals surface area contributed by atoms with Crippen LogP contribution in [-0.2, 0) is 0 Å². The topological polar surface area (TPSA) is 0 Å². The van der Waals surface area contributed by atoms with Crippen molar-refractivity contribution in [3.63, 3.8) is 0 Å². The highest BCUT2D eigenvalue weighted by Gasteiger charge is 2.00. The van der Waals surface area contributed by atoms with Crippen LogP contribution in [-0.4, -0.2) is 0 Å². The van der Waals surface area contributed by atoms with Gasteiger partial charge in [0, 0.05) is 0 Å². The quantitative estimate of drug-likeness (QED) is 0.581. The second kappa shape index (κ2) is 7.32. The minimum absolute atomic E-state index is 1.16. The van der Waals surface area contributed by atoms with Crippen molar-refractivity contribution in [1.29, 1.82) is 0 Å². The van der Waals surface area contributed by atoms with Crippen molar-refractivity contribution in [2.75, 3.05) is 0 Å². The van der Waals surface area contributed by atoms with E-state index in [0.29, 0.717) is 0 Å². The van der Waals surface area contributed by atoms with Gasteiger partial charge in [0.1, 0.15) is 0 Å². The van der Waals surface area contributed by atoms with Gasteiger partial charge >= 0.3 is 0 Å². The van der Waals surface area contributed by atoms with Crippen LogP contribution < -0.4 is 0 Å². The van der Waals surface area contributed by atoms with Crippen molar-refractivity contribution < 1.29 is 0 Å². The summed E-state index contributed by atoms with van der Waals surface area (Å²) in [6.07, 6.45) is 12.1. The maximum atomic E-state index is 3.46. The van der Waals surface area contributed by atoms with Crippen LogP contribution in [0, 0.1) is 26.8 Å². The summed E-state index contributed by atoms with van der Waals surface area (Å²) >= 11 is 0. The fourth-order valence-electron chi connectivity index (χ4n) is 2.26. The van der Waals surface area contributed by atoms with Crippen LogP contribution in [0.15, 0.2) is 18.2 Å². The molecular formula is C17H25. The van der Waals surface area contributed by atoms with E-state index in [1.54, 1.807) is 0 Å². The van der Waals surface area contributed by atoms with E-state index in [2.05, 4.69) is 52.0 Å². The highest BCUT2D eigenvalue weighted by atomic mass is 14.0. The third kappa shape index (κ3) is 4.77. The zero-order valence-electron chi connectivity index (χ0n) is 11.8. The first-order chi connectivity index (χ1) is 8.15. The third-order valence-electron chi connectivity index (χ3n) is 3.13. The second-order valence-corrected chi connectivity index (χ2v) is 4.97. The fourth-order valence-corrected chi connectivity index (χ4v) is 2.26. The second-order valence-electron chi connectivity index (χ2n) is 4.97. The van der Waals surface area contributed by atoms with Crippen molar-refractivity contribution in [2.45, 2.75) is 59.8 Å². The van der Waals surface area contributed by atoms with Gasteiger partial charge in [-0.15, -0.1) is 0 Å². The van der Waals surface area contributed by atoms with Gasteiger partial charge in [-0.3, -0.25) is 0 Å². The zero-order valence-corrected chi connectivity index (χ0v) is 11.8. The molecule has 0 aliphatic heterocycles. The standard InChI is InChI=1S/C17H25/c1-5-6-7-8-9-10-11-17-15(3)12-14(2)13-16(17)4/h10,12-13H,5-9H2,1-4H3. The predicted molar refractivity (Wildman–Crippen MR) is 76.3 cm³/mol. The molecule has 0 aromatic heterocycles. The molecule has 0 heterocycles. The van der Waals surface area contributed by atoms with Gasteiger partial charge in [-0.05, 0) is 56.4 Å². The molecule has 1 aromatic carbocycles. The molecule has 93 valence electrons. The first kappa shape index (κ1) is 14.0. The summed E-state index contributed by atoms with van der Waals surface area (Å²) in [6, 6.07) is 4.47. The van der Waals surface area contributed by atoms with E-state index in [-0.39, 0.29) is 0 Å². The molecule has 0 spiro atoms. The Kier molecular flexibility index (Phi) is 6.04. The van der Waals surface area contributed by atoms with E-state index >= 15 is 0 Å². The monoisotopic (exact) mass is 229 g/mol. The zero-order chi connectivity index (χ0) is 12.7. The number of allylic oxidation sites excluding steroid dienone is 1. The van der Waals surface area contributed by atoms with E-state index in [4.69, 9.17) is 0 Å². The van der Waals surface area contributed by atoms with Gasteiger partial charge in [-0.2, -0.15) is 0 Å². The third-order valence-corrected chi connectivity index (χ3v) is 3.13. The number of aryl methyl sites for hydroxylation is 3. The lowest BCUT2D eigenvalue weighted by Gasteiger charge is -2.06. The molecule has 0 bridgehead atoms. The minimum atomic E-state index is 1.16. The van der Waals surface area contributed by atoms with Crippen LogP contribution in [0.2, 0.25) is 0 Å². The molecule has 0 atom stereocenters. The van der Waals surface area contributed by atoms with Gasteiger partial charge in [0.05, 0.1) is 0 Å². The van der Waals surface area contributed by atoms with Crippen LogP contribution in [0.3, 0.4) is 0 Å². The number of benzene rings is 1. The van der Waals surface area contributed by atoms with Crippen LogP contribution >= 0.6 is 0 Å². The van der Waals surface area contributed by atoms with Crippen LogP contribution in [0.1, 0.15) is 61.3 Å². The Balaban J connectivity index is 2.53. The van der Waals surface area contributed by atoms with E-state index in [1.807, 2.05) is 0 Å². The predicted octanol–water partition coefficient (Wildman–Crippen LogP) is 5.29. The molecule has 0 heteroatoms. The van der Waals surface area contributed by atoms with Crippen LogP contribution in [0.25, 0.3) is 0 Å².